The maximum Gasteiger partial charge on any atom is 0.358 e. The summed E-state index contributed by atoms with van der Waals surface area (Å²) in [5, 5.41) is 17.0. The molecule has 3 rings (SSSR count). The van der Waals surface area contributed by atoms with E-state index in [1.54, 1.807) is 28.7 Å². The van der Waals surface area contributed by atoms with Crippen LogP contribution in [0.4, 0.5) is 0 Å². The Morgan fingerprint density at radius 1 is 1.58 bits per heavy atom. The van der Waals surface area contributed by atoms with Crippen LogP contribution in [-0.2, 0) is 11.8 Å². The first kappa shape index (κ1) is 11.8. The van der Waals surface area contributed by atoms with Crippen molar-refractivity contribution < 1.29 is 14.6 Å². The Hall–Kier alpha value is -2.22. The molecule has 1 saturated heterocycles. The number of carbonyl (C=O) groups is 1. The first-order chi connectivity index (χ1) is 9.18. The molecule has 2 aromatic rings. The molecule has 8 nitrogen and oxygen atoms in total. The van der Waals surface area contributed by atoms with Crippen LogP contribution < -0.4 is 0 Å². The zero-order chi connectivity index (χ0) is 13.4. The Bertz CT molecular complexity index is 612. The highest BCUT2D eigenvalue weighted by atomic mass is 16.5. The average molecular weight is 263 g/mol. The Morgan fingerprint density at radius 2 is 2.42 bits per heavy atom. The molecule has 1 unspecified atom stereocenters. The van der Waals surface area contributed by atoms with Crippen molar-refractivity contribution in [1.82, 2.24) is 24.5 Å². The van der Waals surface area contributed by atoms with E-state index < -0.39 is 5.97 Å². The van der Waals surface area contributed by atoms with Gasteiger partial charge in [-0.15, -0.1) is 5.10 Å². The molecule has 0 amide bonds. The molecule has 1 aliphatic rings. The maximum absolute atomic E-state index is 11.3. The molecule has 1 aliphatic heterocycles. The number of ether oxygens (including phenoxy) is 1. The lowest BCUT2D eigenvalue weighted by Crippen LogP contribution is -2.14. The predicted molar refractivity (Wildman–Crippen MR) is 63.7 cm³/mol. The van der Waals surface area contributed by atoms with Gasteiger partial charge in [0.1, 0.15) is 5.69 Å². The fraction of sp³-hybridized carbons (Fsp3) is 0.455. The second kappa shape index (κ2) is 4.47. The molecular formula is C11H13N5O3. The summed E-state index contributed by atoms with van der Waals surface area (Å²) in [5.74, 6) is -0.572. The first-order valence-electron chi connectivity index (χ1n) is 5.92. The van der Waals surface area contributed by atoms with Gasteiger partial charge in [-0.25, -0.2) is 14.5 Å². The summed E-state index contributed by atoms with van der Waals surface area (Å²) in [6, 6.07) is 0.00676. The summed E-state index contributed by atoms with van der Waals surface area (Å²) in [5.41, 5.74) is 0.344. The van der Waals surface area contributed by atoms with Gasteiger partial charge in [-0.1, -0.05) is 5.21 Å². The number of carboxylic acids is 1. The highest BCUT2D eigenvalue weighted by Crippen LogP contribution is 2.27. The second-order valence-corrected chi connectivity index (χ2v) is 4.42. The maximum atomic E-state index is 11.3. The minimum Gasteiger partial charge on any atom is -0.476 e. The molecule has 0 aromatic carbocycles. The molecule has 0 spiro atoms. The van der Waals surface area contributed by atoms with Gasteiger partial charge in [0.2, 0.25) is 5.69 Å². The van der Waals surface area contributed by atoms with Crippen molar-refractivity contribution in [1.29, 1.82) is 0 Å². The monoisotopic (exact) mass is 263 g/mol. The molecule has 19 heavy (non-hydrogen) atoms. The second-order valence-electron chi connectivity index (χ2n) is 4.42. The van der Waals surface area contributed by atoms with Crippen LogP contribution in [0.1, 0.15) is 23.0 Å². The van der Waals surface area contributed by atoms with Crippen LogP contribution in [0, 0.1) is 0 Å². The summed E-state index contributed by atoms with van der Waals surface area (Å²) in [7, 11) is 1.80. The minimum atomic E-state index is -1.11. The third-order valence-electron chi connectivity index (χ3n) is 3.18. The summed E-state index contributed by atoms with van der Waals surface area (Å²) < 4.78 is 8.68. The van der Waals surface area contributed by atoms with Crippen molar-refractivity contribution in [3.63, 3.8) is 0 Å². The summed E-state index contributed by atoms with van der Waals surface area (Å²) >= 11 is 0. The van der Waals surface area contributed by atoms with Crippen LogP contribution in [-0.4, -0.2) is 48.8 Å². The van der Waals surface area contributed by atoms with E-state index in [4.69, 9.17) is 4.74 Å². The fourth-order valence-corrected chi connectivity index (χ4v) is 2.21. The number of hydrogen-bond donors (Lipinski definition) is 1. The van der Waals surface area contributed by atoms with E-state index in [1.165, 1.54) is 0 Å². The molecule has 0 bridgehead atoms. The summed E-state index contributed by atoms with van der Waals surface area (Å²) in [6.07, 6.45) is 4.16. The number of carboxylic acid groups (broad SMARTS) is 1. The number of hydrogen-bond acceptors (Lipinski definition) is 5. The van der Waals surface area contributed by atoms with E-state index >= 15 is 0 Å². The first-order valence-corrected chi connectivity index (χ1v) is 5.92. The van der Waals surface area contributed by atoms with Crippen molar-refractivity contribution in [2.75, 3.05) is 13.2 Å². The van der Waals surface area contributed by atoms with Gasteiger partial charge in [0.15, 0.2) is 5.82 Å². The van der Waals surface area contributed by atoms with Crippen molar-refractivity contribution in [2.24, 2.45) is 7.05 Å². The van der Waals surface area contributed by atoms with Crippen LogP contribution >= 0.6 is 0 Å². The Kier molecular flexibility index (Phi) is 2.79. The number of aromatic carboxylic acids is 1. The summed E-state index contributed by atoms with van der Waals surface area (Å²) in [6.45, 7) is 1.16. The van der Waals surface area contributed by atoms with E-state index in [0.717, 1.165) is 6.42 Å². The van der Waals surface area contributed by atoms with E-state index in [0.29, 0.717) is 24.7 Å². The molecule has 1 atom stereocenters. The van der Waals surface area contributed by atoms with Crippen molar-refractivity contribution in [3.8, 4) is 11.5 Å². The Balaban J connectivity index is 2.15. The molecule has 0 saturated carbocycles. The predicted octanol–water partition coefficient (Wildman–Crippen LogP) is 0.338. The smallest absolute Gasteiger partial charge is 0.358 e. The molecule has 1 N–H and O–H groups in total. The van der Waals surface area contributed by atoms with Crippen LogP contribution in [0.3, 0.4) is 0 Å². The average Bonchev–Trinajstić information content (AvgIpc) is 3.06. The van der Waals surface area contributed by atoms with Crippen LogP contribution in [0.5, 0.6) is 0 Å². The molecule has 8 heteroatoms. The van der Waals surface area contributed by atoms with Gasteiger partial charge in [-0.3, -0.25) is 0 Å². The highest BCUT2D eigenvalue weighted by Gasteiger charge is 2.29. The largest absolute Gasteiger partial charge is 0.476 e. The normalized spacial score (nSPS) is 18.9. The number of nitrogens with zero attached hydrogens (tertiary/aromatic N) is 5. The van der Waals surface area contributed by atoms with Crippen molar-refractivity contribution in [2.45, 2.75) is 12.5 Å². The minimum absolute atomic E-state index is 0.00676. The molecule has 3 heterocycles. The van der Waals surface area contributed by atoms with E-state index in [1.807, 2.05) is 0 Å². The van der Waals surface area contributed by atoms with Crippen LogP contribution in [0.15, 0.2) is 12.4 Å². The van der Waals surface area contributed by atoms with Gasteiger partial charge in [0.05, 0.1) is 12.6 Å². The fourth-order valence-electron chi connectivity index (χ4n) is 2.21. The van der Waals surface area contributed by atoms with Crippen molar-refractivity contribution >= 4 is 5.97 Å². The van der Waals surface area contributed by atoms with Gasteiger partial charge in [0.25, 0.3) is 0 Å². The molecular weight excluding hydrogens is 250 g/mol. The van der Waals surface area contributed by atoms with Gasteiger partial charge < -0.3 is 14.4 Å². The lowest BCUT2D eigenvalue weighted by atomic mass is 10.2. The van der Waals surface area contributed by atoms with Gasteiger partial charge in [-0.2, -0.15) is 0 Å². The van der Waals surface area contributed by atoms with Crippen LogP contribution in [0.25, 0.3) is 11.5 Å². The van der Waals surface area contributed by atoms with Crippen LogP contribution in [0.2, 0.25) is 0 Å². The topological polar surface area (TPSA) is 95.1 Å². The van der Waals surface area contributed by atoms with Gasteiger partial charge in [0, 0.05) is 26.0 Å². The Labute approximate surface area is 108 Å². The third kappa shape index (κ3) is 1.89. The Morgan fingerprint density at radius 3 is 3.00 bits per heavy atom. The molecule has 2 aromatic heterocycles. The number of aromatic nitrogens is 5. The standard InChI is InChI=1S/C11H13N5O3/c1-15-4-3-12-10(15)9-8(11(17)18)13-14-16(9)7-2-5-19-6-7/h3-4,7H,2,5-6H2,1H3,(H,17,18). The van der Waals surface area contributed by atoms with E-state index in [-0.39, 0.29) is 11.7 Å². The number of aryl methyl sites for hydroxylation is 1. The zero-order valence-electron chi connectivity index (χ0n) is 10.4. The number of rotatable bonds is 3. The SMILES string of the molecule is Cn1ccnc1-c1c(C(=O)O)nnn1C1CCOC1. The molecule has 1 fully saturated rings. The highest BCUT2D eigenvalue weighted by molar-refractivity contribution is 5.91. The lowest BCUT2D eigenvalue weighted by Gasteiger charge is -2.11. The number of imidazole rings is 1. The van der Waals surface area contributed by atoms with Gasteiger partial charge in [-0.05, 0) is 6.42 Å². The lowest BCUT2D eigenvalue weighted by molar-refractivity contribution is 0.0691. The van der Waals surface area contributed by atoms with Crippen molar-refractivity contribution in [3.05, 3.63) is 18.1 Å². The third-order valence-corrected chi connectivity index (χ3v) is 3.18. The molecule has 100 valence electrons. The quantitative estimate of drug-likeness (QED) is 0.857. The molecule has 0 radical (unpaired) electrons. The zero-order valence-corrected chi connectivity index (χ0v) is 10.4. The summed E-state index contributed by atoms with van der Waals surface area (Å²) in [4.78, 5) is 15.5. The molecule has 0 aliphatic carbocycles. The van der Waals surface area contributed by atoms with E-state index in [9.17, 15) is 9.90 Å². The van der Waals surface area contributed by atoms with E-state index in [2.05, 4.69) is 15.3 Å². The van der Waals surface area contributed by atoms with Gasteiger partial charge >= 0.3 is 5.97 Å².